The molecule has 0 unspecified atom stereocenters. The van der Waals surface area contributed by atoms with Crippen molar-refractivity contribution >= 4 is 11.8 Å². The van der Waals surface area contributed by atoms with E-state index in [1.165, 1.54) is 16.9 Å². The van der Waals surface area contributed by atoms with Crippen LogP contribution in [0, 0.1) is 0 Å². The summed E-state index contributed by atoms with van der Waals surface area (Å²) < 4.78 is 5.43. The Morgan fingerprint density at radius 1 is 1.13 bits per heavy atom. The fourth-order valence-corrected chi connectivity index (χ4v) is 2.36. The predicted molar refractivity (Wildman–Crippen MR) is 65.2 cm³/mol. The van der Waals surface area contributed by atoms with Crippen molar-refractivity contribution in [3.05, 3.63) is 42.7 Å². The van der Waals surface area contributed by atoms with Gasteiger partial charge in [0.2, 0.25) is 0 Å². The van der Waals surface area contributed by atoms with Crippen LogP contribution < -0.4 is 0 Å². The van der Waals surface area contributed by atoms with E-state index in [9.17, 15) is 0 Å². The highest BCUT2D eigenvalue weighted by molar-refractivity contribution is 7.99. The van der Waals surface area contributed by atoms with Gasteiger partial charge in [0.15, 0.2) is 0 Å². The van der Waals surface area contributed by atoms with Gasteiger partial charge in [-0.1, -0.05) is 25.1 Å². The van der Waals surface area contributed by atoms with Crippen LogP contribution in [-0.2, 0) is 0 Å². The SMILES string of the molecule is CCCSc1ccccc1-c1ccco1. The molecule has 15 heavy (non-hydrogen) atoms. The van der Waals surface area contributed by atoms with E-state index in [-0.39, 0.29) is 0 Å². The number of benzene rings is 1. The third kappa shape index (κ3) is 2.45. The van der Waals surface area contributed by atoms with Crippen molar-refractivity contribution in [3.8, 4) is 11.3 Å². The molecule has 2 rings (SSSR count). The van der Waals surface area contributed by atoms with Crippen LogP contribution in [0.5, 0.6) is 0 Å². The Morgan fingerprint density at radius 3 is 2.73 bits per heavy atom. The van der Waals surface area contributed by atoms with Crippen LogP contribution in [0.25, 0.3) is 11.3 Å². The maximum Gasteiger partial charge on any atom is 0.134 e. The van der Waals surface area contributed by atoms with Crippen molar-refractivity contribution < 1.29 is 4.42 Å². The molecule has 1 aromatic heterocycles. The monoisotopic (exact) mass is 218 g/mol. The summed E-state index contributed by atoms with van der Waals surface area (Å²) in [6, 6.07) is 12.3. The van der Waals surface area contributed by atoms with Gasteiger partial charge in [0, 0.05) is 10.5 Å². The molecule has 1 heterocycles. The van der Waals surface area contributed by atoms with Crippen LogP contribution in [0.4, 0.5) is 0 Å². The minimum atomic E-state index is 0.953. The number of hydrogen-bond donors (Lipinski definition) is 0. The molecule has 1 aromatic carbocycles. The molecule has 0 saturated heterocycles. The van der Waals surface area contributed by atoms with Gasteiger partial charge >= 0.3 is 0 Å². The molecule has 0 fully saturated rings. The van der Waals surface area contributed by atoms with Crippen molar-refractivity contribution in [1.82, 2.24) is 0 Å². The van der Waals surface area contributed by atoms with Crippen LogP contribution in [0.15, 0.2) is 52.0 Å². The summed E-state index contributed by atoms with van der Waals surface area (Å²) in [4.78, 5) is 1.30. The third-order valence-corrected chi connectivity index (χ3v) is 3.41. The lowest BCUT2D eigenvalue weighted by Crippen LogP contribution is -1.81. The van der Waals surface area contributed by atoms with Crippen LogP contribution in [0.1, 0.15) is 13.3 Å². The van der Waals surface area contributed by atoms with Crippen molar-refractivity contribution in [2.24, 2.45) is 0 Å². The van der Waals surface area contributed by atoms with Gasteiger partial charge in [-0.3, -0.25) is 0 Å². The lowest BCUT2D eigenvalue weighted by Gasteiger charge is -2.05. The molecular formula is C13H14OS. The first-order chi connectivity index (χ1) is 7.42. The lowest BCUT2D eigenvalue weighted by molar-refractivity contribution is 0.581. The quantitative estimate of drug-likeness (QED) is 0.703. The molecule has 0 N–H and O–H groups in total. The highest BCUT2D eigenvalue weighted by Crippen LogP contribution is 2.31. The lowest BCUT2D eigenvalue weighted by atomic mass is 10.2. The van der Waals surface area contributed by atoms with Crippen LogP contribution in [0.3, 0.4) is 0 Å². The van der Waals surface area contributed by atoms with Gasteiger partial charge in [-0.05, 0) is 30.4 Å². The van der Waals surface area contributed by atoms with Crippen molar-refractivity contribution in [1.29, 1.82) is 0 Å². The maximum atomic E-state index is 5.43. The predicted octanol–water partition coefficient (Wildman–Crippen LogP) is 4.45. The molecule has 1 nitrogen and oxygen atoms in total. The first-order valence-corrected chi connectivity index (χ1v) is 6.16. The van der Waals surface area contributed by atoms with Crippen LogP contribution in [-0.4, -0.2) is 5.75 Å². The highest BCUT2D eigenvalue weighted by atomic mass is 32.2. The number of thioether (sulfide) groups is 1. The number of hydrogen-bond acceptors (Lipinski definition) is 2. The summed E-state index contributed by atoms with van der Waals surface area (Å²) in [5.74, 6) is 2.10. The van der Waals surface area contributed by atoms with Gasteiger partial charge < -0.3 is 4.42 Å². The molecule has 0 atom stereocenters. The average molecular weight is 218 g/mol. The molecule has 0 amide bonds. The minimum Gasteiger partial charge on any atom is -0.464 e. The van der Waals surface area contributed by atoms with E-state index in [0.29, 0.717) is 0 Å². The van der Waals surface area contributed by atoms with Crippen molar-refractivity contribution in [3.63, 3.8) is 0 Å². The van der Waals surface area contributed by atoms with E-state index < -0.39 is 0 Å². The molecule has 0 aliphatic carbocycles. The summed E-state index contributed by atoms with van der Waals surface area (Å²) in [7, 11) is 0. The van der Waals surface area contributed by atoms with Gasteiger partial charge in [-0.15, -0.1) is 11.8 Å². The zero-order valence-corrected chi connectivity index (χ0v) is 9.59. The molecule has 2 heteroatoms. The highest BCUT2D eigenvalue weighted by Gasteiger charge is 2.06. The van der Waals surface area contributed by atoms with Gasteiger partial charge in [-0.2, -0.15) is 0 Å². The van der Waals surface area contributed by atoms with E-state index in [0.717, 1.165) is 11.5 Å². The fourth-order valence-electron chi connectivity index (χ4n) is 1.44. The normalized spacial score (nSPS) is 10.5. The molecule has 0 aliphatic heterocycles. The first kappa shape index (κ1) is 10.4. The topological polar surface area (TPSA) is 13.1 Å². The summed E-state index contributed by atoms with van der Waals surface area (Å²) in [5.41, 5.74) is 1.20. The molecule has 78 valence electrons. The zero-order chi connectivity index (χ0) is 10.5. The Labute approximate surface area is 94.5 Å². The summed E-state index contributed by atoms with van der Waals surface area (Å²) >= 11 is 1.89. The standard InChI is InChI=1S/C13H14OS/c1-2-10-15-13-8-4-3-6-11(13)12-7-5-9-14-12/h3-9H,2,10H2,1H3. The third-order valence-electron chi connectivity index (χ3n) is 2.14. The molecule has 2 aromatic rings. The average Bonchev–Trinajstić information content (AvgIpc) is 2.80. The van der Waals surface area contributed by atoms with E-state index in [1.54, 1.807) is 6.26 Å². The molecular weight excluding hydrogens is 204 g/mol. The molecule has 0 spiro atoms. The van der Waals surface area contributed by atoms with E-state index >= 15 is 0 Å². The van der Waals surface area contributed by atoms with Gasteiger partial charge in [0.25, 0.3) is 0 Å². The van der Waals surface area contributed by atoms with Crippen LogP contribution >= 0.6 is 11.8 Å². The van der Waals surface area contributed by atoms with Gasteiger partial charge in [0.05, 0.1) is 6.26 Å². The second-order valence-electron chi connectivity index (χ2n) is 3.32. The Morgan fingerprint density at radius 2 is 2.00 bits per heavy atom. The minimum absolute atomic E-state index is 0.953. The zero-order valence-electron chi connectivity index (χ0n) is 8.77. The van der Waals surface area contributed by atoms with Gasteiger partial charge in [0.1, 0.15) is 5.76 Å². The molecule has 0 bridgehead atoms. The van der Waals surface area contributed by atoms with Crippen molar-refractivity contribution in [2.45, 2.75) is 18.2 Å². The summed E-state index contributed by atoms with van der Waals surface area (Å²) in [6.07, 6.45) is 2.91. The molecule has 0 aliphatic rings. The number of furan rings is 1. The van der Waals surface area contributed by atoms with E-state index in [1.807, 2.05) is 30.0 Å². The van der Waals surface area contributed by atoms with Crippen LogP contribution in [0.2, 0.25) is 0 Å². The van der Waals surface area contributed by atoms with Crippen molar-refractivity contribution in [2.75, 3.05) is 5.75 Å². The Hall–Kier alpha value is -1.15. The van der Waals surface area contributed by atoms with Gasteiger partial charge in [-0.25, -0.2) is 0 Å². The Balaban J connectivity index is 2.30. The second kappa shape index (κ2) is 5.08. The molecule has 0 radical (unpaired) electrons. The smallest absolute Gasteiger partial charge is 0.134 e. The summed E-state index contributed by atoms with van der Waals surface area (Å²) in [6.45, 7) is 2.20. The Kier molecular flexibility index (Phi) is 3.51. The Bertz CT molecular complexity index is 406. The summed E-state index contributed by atoms with van der Waals surface area (Å²) in [5, 5.41) is 0. The van der Waals surface area contributed by atoms with E-state index in [4.69, 9.17) is 4.42 Å². The molecule has 0 saturated carbocycles. The first-order valence-electron chi connectivity index (χ1n) is 5.17. The number of rotatable bonds is 4. The fraction of sp³-hybridized carbons (Fsp3) is 0.231. The second-order valence-corrected chi connectivity index (χ2v) is 4.46. The maximum absolute atomic E-state index is 5.43. The largest absolute Gasteiger partial charge is 0.464 e. The van der Waals surface area contributed by atoms with E-state index in [2.05, 4.69) is 25.1 Å².